The molecule has 4 atom stereocenters. The van der Waals surface area contributed by atoms with Gasteiger partial charge >= 0.3 is 11.9 Å². The number of carbonyl (C=O) groups is 2. The summed E-state index contributed by atoms with van der Waals surface area (Å²) in [6, 6.07) is 1.67. The zero-order chi connectivity index (χ0) is 32.9. The topological polar surface area (TPSA) is 126 Å². The molecule has 10 heteroatoms. The van der Waals surface area contributed by atoms with Crippen molar-refractivity contribution in [2.75, 3.05) is 33.6 Å². The molecule has 0 aromatic carbocycles. The minimum absolute atomic E-state index is 0.210. The summed E-state index contributed by atoms with van der Waals surface area (Å²) < 4.78 is 15.2. The molecule has 0 aromatic rings. The van der Waals surface area contributed by atoms with E-state index in [4.69, 9.17) is 21.1 Å². The lowest BCUT2D eigenvalue weighted by Crippen LogP contribution is -2.59. The van der Waals surface area contributed by atoms with Crippen molar-refractivity contribution in [3.63, 3.8) is 0 Å². The predicted molar refractivity (Wildman–Crippen MR) is 171 cm³/mol. The second-order valence-electron chi connectivity index (χ2n) is 15.5. The molecule has 256 valence electrons. The van der Waals surface area contributed by atoms with Gasteiger partial charge < -0.3 is 29.5 Å². The van der Waals surface area contributed by atoms with Gasteiger partial charge in [-0.1, -0.05) is 18.5 Å². The van der Waals surface area contributed by atoms with Crippen LogP contribution in [0.3, 0.4) is 0 Å². The van der Waals surface area contributed by atoms with Crippen molar-refractivity contribution in [3.05, 3.63) is 0 Å². The number of alkyl halides is 1. The number of aliphatic hydroxyl groups is 1. The van der Waals surface area contributed by atoms with Gasteiger partial charge in [0.15, 0.2) is 0 Å². The van der Waals surface area contributed by atoms with Gasteiger partial charge in [0.05, 0.1) is 22.0 Å². The van der Waals surface area contributed by atoms with Gasteiger partial charge in [-0.2, -0.15) is 0 Å². The lowest BCUT2D eigenvalue weighted by Gasteiger charge is -2.59. The normalized spacial score (nSPS) is 38.9. The maximum Gasteiger partial charge on any atom is 0.309 e. The van der Waals surface area contributed by atoms with Crippen molar-refractivity contribution >= 4 is 23.5 Å². The van der Waals surface area contributed by atoms with Crippen molar-refractivity contribution in [3.8, 4) is 0 Å². The fourth-order valence-corrected chi connectivity index (χ4v) is 10.6. The molecule has 0 aromatic heterocycles. The van der Waals surface area contributed by atoms with E-state index in [1.54, 1.807) is 14.2 Å². The van der Waals surface area contributed by atoms with Gasteiger partial charge in [-0.3, -0.25) is 14.5 Å². The second-order valence-corrected chi connectivity index (χ2v) is 15.7. The maximum atomic E-state index is 11.6. The molecular weight excluding hydrogens is 586 g/mol. The van der Waals surface area contributed by atoms with Crippen molar-refractivity contribution < 1.29 is 39.1 Å². The summed E-state index contributed by atoms with van der Waals surface area (Å²) in [5.41, 5.74) is -1.92. The third-order valence-electron chi connectivity index (χ3n) is 11.2. The number of hydrogen-bond donors (Lipinski definition) is 3. The van der Waals surface area contributed by atoms with Crippen LogP contribution in [0, 0.1) is 34.5 Å². The predicted octanol–water partition coefficient (Wildman–Crippen LogP) is 6.39. The van der Waals surface area contributed by atoms with Crippen LogP contribution in [0.15, 0.2) is 0 Å². The van der Waals surface area contributed by atoms with Crippen molar-refractivity contribution in [2.45, 2.75) is 135 Å². The van der Waals surface area contributed by atoms with E-state index in [0.717, 1.165) is 64.3 Å². The van der Waals surface area contributed by atoms with Crippen molar-refractivity contribution in [2.24, 2.45) is 34.5 Å². The van der Waals surface area contributed by atoms with Crippen LogP contribution in [0.4, 0.5) is 0 Å². The minimum atomic E-state index is -0.676. The number of carboxylic acids is 2. The number of ether oxygens (including phenoxy) is 3. The number of halogens is 1. The molecule has 8 aliphatic carbocycles. The smallest absolute Gasteiger partial charge is 0.309 e. The first kappa shape index (κ1) is 37.5. The molecule has 0 heterocycles. The van der Waals surface area contributed by atoms with E-state index in [0.29, 0.717) is 54.7 Å². The van der Waals surface area contributed by atoms with E-state index in [9.17, 15) is 24.9 Å². The fourth-order valence-electron chi connectivity index (χ4n) is 10.6. The van der Waals surface area contributed by atoms with Crippen LogP contribution in [0.2, 0.25) is 0 Å². The molecule has 9 nitrogen and oxygen atoms in total. The molecule has 4 unspecified atom stereocenters. The Kier molecular flexibility index (Phi) is 13.0. The lowest BCUT2D eigenvalue weighted by atomic mass is 9.48. The first-order chi connectivity index (χ1) is 20.6. The van der Waals surface area contributed by atoms with Gasteiger partial charge in [-0.05, 0) is 135 Å². The van der Waals surface area contributed by atoms with Crippen LogP contribution in [-0.2, 0) is 23.8 Å². The lowest BCUT2D eigenvalue weighted by molar-refractivity contribution is -0.229. The molecular formula is C34H60ClNO8. The summed E-state index contributed by atoms with van der Waals surface area (Å²) in [6.07, 6.45) is 10.6. The molecule has 8 rings (SSSR count). The fraction of sp³-hybridized carbons (Fsp3) is 0.941. The summed E-state index contributed by atoms with van der Waals surface area (Å²) in [6.45, 7) is 12.6. The van der Waals surface area contributed by atoms with E-state index >= 15 is 0 Å². The van der Waals surface area contributed by atoms with Crippen molar-refractivity contribution in [1.29, 1.82) is 0 Å². The molecule has 8 saturated carbocycles. The summed E-state index contributed by atoms with van der Waals surface area (Å²) in [7, 11) is 3.17. The molecule has 0 amide bonds. The van der Waals surface area contributed by atoms with Gasteiger partial charge in [-0.25, -0.2) is 0 Å². The summed E-state index contributed by atoms with van der Waals surface area (Å²) >= 11 is 4.96. The molecule has 0 radical (unpaired) electrons. The molecule has 8 aliphatic rings. The van der Waals surface area contributed by atoms with E-state index in [1.807, 2.05) is 0 Å². The minimum Gasteiger partial charge on any atom is -0.481 e. The quantitative estimate of drug-likeness (QED) is 0.193. The highest BCUT2D eigenvalue weighted by atomic mass is 35.5. The third kappa shape index (κ3) is 8.68. The van der Waals surface area contributed by atoms with Crippen LogP contribution in [0.25, 0.3) is 0 Å². The molecule has 8 fully saturated rings. The SMILES string of the molecule is CCN(C(C)C)C(C)C.COCCl.COCOC12CC3CC(C1)CC(C(=O)O)(C3)C2.O=C(O)C12CC3CC(CC(O)(C3)C1)C2. The molecule has 8 bridgehead atoms. The van der Waals surface area contributed by atoms with Crippen LogP contribution >= 0.6 is 11.6 Å². The molecule has 0 aliphatic heterocycles. The maximum absolute atomic E-state index is 11.6. The number of rotatable bonds is 9. The van der Waals surface area contributed by atoms with E-state index in [-0.39, 0.29) is 12.4 Å². The molecule has 44 heavy (non-hydrogen) atoms. The summed E-state index contributed by atoms with van der Waals surface area (Å²) in [5.74, 6) is 0.741. The monoisotopic (exact) mass is 645 g/mol. The Morgan fingerprint density at radius 1 is 0.773 bits per heavy atom. The summed E-state index contributed by atoms with van der Waals surface area (Å²) in [5, 5.41) is 29.1. The van der Waals surface area contributed by atoms with Gasteiger partial charge in [-0.15, -0.1) is 0 Å². The number of carboxylic acid groups (broad SMARTS) is 2. The van der Waals surface area contributed by atoms with Crippen LogP contribution in [0.1, 0.15) is 112 Å². The van der Waals surface area contributed by atoms with Crippen LogP contribution in [-0.4, -0.2) is 89.1 Å². The van der Waals surface area contributed by atoms with E-state index in [2.05, 4.69) is 44.3 Å². The number of aliphatic carboxylic acids is 2. The van der Waals surface area contributed by atoms with Gasteiger partial charge in [0.2, 0.25) is 0 Å². The Morgan fingerprint density at radius 2 is 1.18 bits per heavy atom. The first-order valence-electron chi connectivity index (χ1n) is 16.7. The summed E-state index contributed by atoms with van der Waals surface area (Å²) in [4.78, 5) is 25.3. The first-order valence-corrected chi connectivity index (χ1v) is 17.3. The van der Waals surface area contributed by atoms with Crippen LogP contribution < -0.4 is 0 Å². The zero-order valence-corrected chi connectivity index (χ0v) is 29.0. The number of nitrogens with zero attached hydrogens (tertiary/aromatic N) is 1. The Labute approximate surface area is 270 Å². The standard InChI is InChI=1S/C13H20O4.C11H16O3.C8H19N.C2H5ClO/c1-16-8-17-13-5-9-2-10(6-13)4-12(3-9,7-13)11(14)15;12-9(13)10-2-7-1-8(3-10)5-11(14,4-7)6-10;1-6-9(7(2)3)8(4)5;1-4-2-3/h9-10H,2-8H2,1H3,(H,14,15);7-8,14H,1-6H2,(H,12,13);7-8H,6H2,1-5H3;2H2,1H3. The zero-order valence-electron chi connectivity index (χ0n) is 28.3. The van der Waals surface area contributed by atoms with E-state index in [1.165, 1.54) is 6.42 Å². The molecule has 0 saturated heterocycles. The largest absolute Gasteiger partial charge is 0.481 e. The average Bonchev–Trinajstić information content (AvgIpc) is 2.90. The van der Waals surface area contributed by atoms with E-state index < -0.39 is 28.4 Å². The molecule has 0 spiro atoms. The van der Waals surface area contributed by atoms with Crippen molar-refractivity contribution in [1.82, 2.24) is 4.90 Å². The molecule has 3 N–H and O–H groups in total. The highest BCUT2D eigenvalue weighted by Crippen LogP contribution is 2.63. The van der Waals surface area contributed by atoms with Gasteiger partial charge in [0.25, 0.3) is 0 Å². The Bertz CT molecular complexity index is 920. The van der Waals surface area contributed by atoms with Gasteiger partial charge in [0.1, 0.15) is 12.9 Å². The van der Waals surface area contributed by atoms with Crippen LogP contribution in [0.5, 0.6) is 0 Å². The number of methoxy groups -OCH3 is 2. The van der Waals surface area contributed by atoms with Gasteiger partial charge in [0, 0.05) is 26.3 Å². The second kappa shape index (κ2) is 15.3. The Morgan fingerprint density at radius 3 is 1.48 bits per heavy atom. The highest BCUT2D eigenvalue weighted by molar-refractivity contribution is 6.17. The Hall–Kier alpha value is -0.970. The number of hydrogen-bond acceptors (Lipinski definition) is 7. The average molecular weight is 646 g/mol. The Balaban J connectivity index is 0.000000177. The highest BCUT2D eigenvalue weighted by Gasteiger charge is 2.62. The third-order valence-corrected chi connectivity index (χ3v) is 11.4.